The molecule has 2 N–H and O–H groups in total. The molecule has 3 amide bonds. The van der Waals surface area contributed by atoms with Gasteiger partial charge in [0.2, 0.25) is 5.91 Å². The number of aliphatic hydroxyl groups is 1. The zero-order valence-corrected chi connectivity index (χ0v) is 17.5. The maximum absolute atomic E-state index is 12.7. The number of rotatable bonds is 4. The molecular weight excluding hydrogens is 438 g/mol. The van der Waals surface area contributed by atoms with E-state index in [-0.39, 0.29) is 43.1 Å². The molecule has 2 aromatic rings. The summed E-state index contributed by atoms with van der Waals surface area (Å²) in [6, 6.07) is 14.2. The number of hydrogen-bond donors (Lipinski definition) is 2. The number of piperazine rings is 1. The predicted molar refractivity (Wildman–Crippen MR) is 112 cm³/mol. The van der Waals surface area contributed by atoms with Crippen LogP contribution in [-0.2, 0) is 4.79 Å². The molecule has 2 fully saturated rings. The number of fused-ring (bicyclic) bond motifs is 1. The van der Waals surface area contributed by atoms with Crippen molar-refractivity contribution in [2.75, 3.05) is 32.1 Å². The maximum Gasteiger partial charge on any atom is 0.322 e. The average molecular weight is 460 g/mol. The average Bonchev–Trinajstić information content (AvgIpc) is 2.71. The lowest BCUT2D eigenvalue weighted by Crippen LogP contribution is -2.73. The van der Waals surface area contributed by atoms with Crippen molar-refractivity contribution in [2.24, 2.45) is 0 Å². The molecule has 2 aromatic carbocycles. The Morgan fingerprint density at radius 2 is 1.90 bits per heavy atom. The SMILES string of the molecule is COc1ccc(NC(=O)N2CC(=O)N3[C@@H](CO)[C@@H](c4ccc(Br)cc4)[C@@H]3C2)cc1. The molecule has 7 nitrogen and oxygen atoms in total. The zero-order chi connectivity index (χ0) is 20.5. The van der Waals surface area contributed by atoms with Gasteiger partial charge in [0.15, 0.2) is 0 Å². The minimum Gasteiger partial charge on any atom is -0.497 e. The lowest BCUT2D eigenvalue weighted by molar-refractivity contribution is -0.159. The number of benzene rings is 2. The van der Waals surface area contributed by atoms with Gasteiger partial charge < -0.3 is 25.0 Å². The van der Waals surface area contributed by atoms with Gasteiger partial charge in [-0.2, -0.15) is 0 Å². The second kappa shape index (κ2) is 8.04. The Bertz CT molecular complexity index is 903. The topological polar surface area (TPSA) is 82.1 Å². The van der Waals surface area contributed by atoms with E-state index >= 15 is 0 Å². The third-order valence-electron chi connectivity index (χ3n) is 5.64. The van der Waals surface area contributed by atoms with E-state index in [1.165, 1.54) is 4.90 Å². The Morgan fingerprint density at radius 1 is 1.21 bits per heavy atom. The number of ether oxygens (including phenoxy) is 1. The van der Waals surface area contributed by atoms with Crippen LogP contribution in [0.4, 0.5) is 10.5 Å². The van der Waals surface area contributed by atoms with E-state index in [4.69, 9.17) is 4.74 Å². The molecule has 0 spiro atoms. The van der Waals surface area contributed by atoms with Crippen LogP contribution in [0, 0.1) is 0 Å². The highest BCUT2D eigenvalue weighted by molar-refractivity contribution is 9.10. The van der Waals surface area contributed by atoms with Crippen LogP contribution in [0.15, 0.2) is 53.0 Å². The number of hydrogen-bond acceptors (Lipinski definition) is 4. The summed E-state index contributed by atoms with van der Waals surface area (Å²) in [5.41, 5.74) is 1.69. The summed E-state index contributed by atoms with van der Waals surface area (Å²) in [4.78, 5) is 28.7. The molecule has 0 aliphatic carbocycles. The van der Waals surface area contributed by atoms with Crippen molar-refractivity contribution in [2.45, 2.75) is 18.0 Å². The van der Waals surface area contributed by atoms with Gasteiger partial charge in [-0.05, 0) is 42.0 Å². The predicted octanol–water partition coefficient (Wildman–Crippen LogP) is 2.66. The highest BCUT2D eigenvalue weighted by Gasteiger charge is 2.54. The minimum absolute atomic E-state index is 0.00203. The van der Waals surface area contributed by atoms with Crippen LogP contribution in [0.25, 0.3) is 0 Å². The third-order valence-corrected chi connectivity index (χ3v) is 6.16. The van der Waals surface area contributed by atoms with Crippen molar-refractivity contribution in [1.29, 1.82) is 0 Å². The van der Waals surface area contributed by atoms with Crippen LogP contribution in [0.2, 0.25) is 0 Å². The van der Waals surface area contributed by atoms with Crippen molar-refractivity contribution >= 4 is 33.6 Å². The van der Waals surface area contributed by atoms with Crippen LogP contribution >= 0.6 is 15.9 Å². The van der Waals surface area contributed by atoms with Gasteiger partial charge in [0.1, 0.15) is 12.3 Å². The molecule has 0 bridgehead atoms. The monoisotopic (exact) mass is 459 g/mol. The summed E-state index contributed by atoms with van der Waals surface area (Å²) in [7, 11) is 1.58. The molecule has 0 aromatic heterocycles. The molecular formula is C21H22BrN3O4. The molecule has 2 heterocycles. The van der Waals surface area contributed by atoms with Crippen LogP contribution < -0.4 is 10.1 Å². The molecule has 152 valence electrons. The Balaban J connectivity index is 1.49. The van der Waals surface area contributed by atoms with E-state index in [1.807, 2.05) is 24.3 Å². The lowest BCUT2D eigenvalue weighted by atomic mass is 9.74. The fourth-order valence-electron chi connectivity index (χ4n) is 4.22. The lowest BCUT2D eigenvalue weighted by Gasteiger charge is -2.58. The van der Waals surface area contributed by atoms with Crippen molar-refractivity contribution < 1.29 is 19.4 Å². The molecule has 0 unspecified atom stereocenters. The van der Waals surface area contributed by atoms with Crippen LogP contribution in [-0.4, -0.2) is 65.7 Å². The number of amides is 3. The van der Waals surface area contributed by atoms with Crippen molar-refractivity contribution in [3.8, 4) is 5.75 Å². The summed E-state index contributed by atoms with van der Waals surface area (Å²) in [6.07, 6.45) is 0. The first-order chi connectivity index (χ1) is 14.0. The summed E-state index contributed by atoms with van der Waals surface area (Å²) in [5.74, 6) is 0.556. The standard InChI is InChI=1S/C21H22BrN3O4/c1-29-16-8-6-15(7-9-16)23-21(28)24-10-17-20(13-2-4-14(22)5-3-13)18(12-26)25(17)19(27)11-24/h2-9,17-18,20,26H,10-12H2,1H3,(H,23,28)/t17-,18-,20-/m0/s1. The van der Waals surface area contributed by atoms with Gasteiger partial charge in [-0.25, -0.2) is 4.79 Å². The number of methoxy groups -OCH3 is 1. The fourth-order valence-corrected chi connectivity index (χ4v) is 4.48. The molecule has 2 aliphatic heterocycles. The largest absolute Gasteiger partial charge is 0.497 e. The van der Waals surface area contributed by atoms with Crippen LogP contribution in [0.1, 0.15) is 11.5 Å². The van der Waals surface area contributed by atoms with Gasteiger partial charge >= 0.3 is 6.03 Å². The summed E-state index contributed by atoms with van der Waals surface area (Å²) in [5, 5.41) is 12.7. The Kier molecular flexibility index (Phi) is 5.47. The number of carbonyl (C=O) groups is 2. The van der Waals surface area contributed by atoms with E-state index in [0.717, 1.165) is 10.0 Å². The maximum atomic E-state index is 12.7. The molecule has 8 heteroatoms. The van der Waals surface area contributed by atoms with Gasteiger partial charge in [0.25, 0.3) is 0 Å². The van der Waals surface area contributed by atoms with Crippen molar-refractivity contribution in [3.05, 3.63) is 58.6 Å². The summed E-state index contributed by atoms with van der Waals surface area (Å²) in [6.45, 7) is 0.327. The third kappa shape index (κ3) is 3.70. The molecule has 29 heavy (non-hydrogen) atoms. The second-order valence-electron chi connectivity index (χ2n) is 7.23. The van der Waals surface area contributed by atoms with Crippen molar-refractivity contribution in [3.63, 3.8) is 0 Å². The highest BCUT2D eigenvalue weighted by atomic mass is 79.9. The first-order valence-electron chi connectivity index (χ1n) is 9.39. The molecule has 4 rings (SSSR count). The fraction of sp³-hybridized carbons (Fsp3) is 0.333. The number of aliphatic hydroxyl groups excluding tert-OH is 1. The van der Waals surface area contributed by atoms with E-state index in [0.29, 0.717) is 18.0 Å². The Labute approximate surface area is 177 Å². The molecule has 3 atom stereocenters. The highest BCUT2D eigenvalue weighted by Crippen LogP contribution is 2.43. The van der Waals surface area contributed by atoms with E-state index < -0.39 is 0 Å². The number of urea groups is 1. The van der Waals surface area contributed by atoms with Crippen LogP contribution in [0.5, 0.6) is 5.75 Å². The number of halogens is 1. The first-order valence-corrected chi connectivity index (χ1v) is 10.2. The number of nitrogens with one attached hydrogen (secondary N) is 1. The van der Waals surface area contributed by atoms with E-state index in [2.05, 4.69) is 21.2 Å². The Morgan fingerprint density at radius 3 is 2.52 bits per heavy atom. The van der Waals surface area contributed by atoms with Crippen molar-refractivity contribution in [1.82, 2.24) is 9.80 Å². The number of anilines is 1. The van der Waals surface area contributed by atoms with Gasteiger partial charge in [0, 0.05) is 22.6 Å². The van der Waals surface area contributed by atoms with E-state index in [9.17, 15) is 14.7 Å². The summed E-state index contributed by atoms with van der Waals surface area (Å²) < 4.78 is 6.09. The molecule has 2 saturated heterocycles. The normalized spacial score (nSPS) is 23.3. The Hall–Kier alpha value is -2.58. The van der Waals surface area contributed by atoms with Crippen LogP contribution in [0.3, 0.4) is 0 Å². The minimum atomic E-state index is -0.315. The van der Waals surface area contributed by atoms with Gasteiger partial charge in [-0.3, -0.25) is 4.79 Å². The van der Waals surface area contributed by atoms with Gasteiger partial charge in [0.05, 0.1) is 25.8 Å². The molecule has 2 aliphatic rings. The van der Waals surface area contributed by atoms with E-state index in [1.54, 1.807) is 36.3 Å². The quantitative estimate of drug-likeness (QED) is 0.736. The smallest absolute Gasteiger partial charge is 0.322 e. The number of carbonyl (C=O) groups excluding carboxylic acids is 2. The van der Waals surface area contributed by atoms with Gasteiger partial charge in [-0.1, -0.05) is 28.1 Å². The summed E-state index contributed by atoms with van der Waals surface area (Å²) >= 11 is 3.43. The second-order valence-corrected chi connectivity index (χ2v) is 8.15. The van der Waals surface area contributed by atoms with Gasteiger partial charge in [-0.15, -0.1) is 0 Å². The molecule has 0 radical (unpaired) electrons. The first kappa shape index (κ1) is 19.7. The zero-order valence-electron chi connectivity index (χ0n) is 15.9. The molecule has 0 saturated carbocycles. The number of nitrogens with zero attached hydrogens (tertiary/aromatic N) is 2.